The lowest BCUT2D eigenvalue weighted by Crippen LogP contribution is -2.57. The Bertz CT molecular complexity index is 211. The predicted molar refractivity (Wildman–Crippen MR) is 72.3 cm³/mol. The Balaban J connectivity index is 2.37. The third-order valence-electron chi connectivity index (χ3n) is 4.15. The lowest BCUT2D eigenvalue weighted by molar-refractivity contribution is 0.0658. The Labute approximate surface area is 106 Å². The van der Waals surface area contributed by atoms with Crippen molar-refractivity contribution < 1.29 is 5.11 Å². The SMILES string of the molecule is CCC(C)N1CCN(CC(C)(CO)NC)CC1. The first-order valence-electron chi connectivity index (χ1n) is 6.81. The normalized spacial score (nSPS) is 24.5. The molecule has 0 aromatic heterocycles. The molecule has 1 saturated heterocycles. The fourth-order valence-electron chi connectivity index (χ4n) is 2.32. The maximum atomic E-state index is 9.39. The Kier molecular flexibility index (Phi) is 5.86. The number of likely N-dealkylation sites (N-methyl/N-ethyl adjacent to an activating group) is 1. The lowest BCUT2D eigenvalue weighted by Gasteiger charge is -2.41. The van der Waals surface area contributed by atoms with Crippen LogP contribution in [0, 0.1) is 0 Å². The van der Waals surface area contributed by atoms with E-state index in [1.807, 2.05) is 7.05 Å². The molecule has 1 aliphatic heterocycles. The van der Waals surface area contributed by atoms with Gasteiger partial charge in [-0.15, -0.1) is 0 Å². The molecule has 1 rings (SSSR count). The van der Waals surface area contributed by atoms with Crippen molar-refractivity contribution in [3.8, 4) is 0 Å². The van der Waals surface area contributed by atoms with E-state index in [1.165, 1.54) is 6.42 Å². The maximum absolute atomic E-state index is 9.39. The van der Waals surface area contributed by atoms with Gasteiger partial charge in [0.05, 0.1) is 12.1 Å². The first-order chi connectivity index (χ1) is 8.04. The molecule has 2 unspecified atom stereocenters. The molecule has 0 spiro atoms. The van der Waals surface area contributed by atoms with E-state index in [-0.39, 0.29) is 12.1 Å². The molecule has 1 heterocycles. The summed E-state index contributed by atoms with van der Waals surface area (Å²) in [7, 11) is 1.92. The van der Waals surface area contributed by atoms with E-state index in [1.54, 1.807) is 0 Å². The van der Waals surface area contributed by atoms with E-state index in [2.05, 4.69) is 35.9 Å². The van der Waals surface area contributed by atoms with Gasteiger partial charge in [-0.2, -0.15) is 0 Å². The highest BCUT2D eigenvalue weighted by molar-refractivity contribution is 4.87. The second-order valence-corrected chi connectivity index (χ2v) is 5.54. The fourth-order valence-corrected chi connectivity index (χ4v) is 2.32. The van der Waals surface area contributed by atoms with Crippen molar-refractivity contribution in [3.05, 3.63) is 0 Å². The van der Waals surface area contributed by atoms with Crippen molar-refractivity contribution >= 4 is 0 Å². The molecular weight excluding hydrogens is 214 g/mol. The first-order valence-corrected chi connectivity index (χ1v) is 6.81. The molecule has 4 nitrogen and oxygen atoms in total. The summed E-state index contributed by atoms with van der Waals surface area (Å²) in [6.45, 7) is 12.3. The van der Waals surface area contributed by atoms with Crippen molar-refractivity contribution in [2.45, 2.75) is 38.8 Å². The third-order valence-corrected chi connectivity index (χ3v) is 4.15. The minimum Gasteiger partial charge on any atom is -0.394 e. The molecule has 4 heteroatoms. The molecule has 0 aromatic carbocycles. The molecular formula is C13H29N3O. The van der Waals surface area contributed by atoms with E-state index >= 15 is 0 Å². The van der Waals surface area contributed by atoms with Gasteiger partial charge in [-0.25, -0.2) is 0 Å². The summed E-state index contributed by atoms with van der Waals surface area (Å²) in [5.41, 5.74) is -0.168. The summed E-state index contributed by atoms with van der Waals surface area (Å²) in [6.07, 6.45) is 1.23. The van der Waals surface area contributed by atoms with E-state index in [9.17, 15) is 5.11 Å². The average molecular weight is 243 g/mol. The number of nitrogens with one attached hydrogen (secondary N) is 1. The molecule has 0 aromatic rings. The topological polar surface area (TPSA) is 38.7 Å². The molecule has 0 radical (unpaired) electrons. The Morgan fingerprint density at radius 2 is 1.88 bits per heavy atom. The molecule has 17 heavy (non-hydrogen) atoms. The smallest absolute Gasteiger partial charge is 0.0623 e. The summed E-state index contributed by atoms with van der Waals surface area (Å²) in [5, 5.41) is 12.6. The zero-order valence-corrected chi connectivity index (χ0v) is 11.9. The van der Waals surface area contributed by atoms with Crippen LogP contribution in [0.25, 0.3) is 0 Å². The largest absolute Gasteiger partial charge is 0.394 e. The van der Waals surface area contributed by atoms with Crippen LogP contribution in [0.5, 0.6) is 0 Å². The van der Waals surface area contributed by atoms with Gasteiger partial charge in [0.25, 0.3) is 0 Å². The van der Waals surface area contributed by atoms with E-state index in [0.717, 1.165) is 32.7 Å². The summed E-state index contributed by atoms with van der Waals surface area (Å²) >= 11 is 0. The van der Waals surface area contributed by atoms with Crippen molar-refractivity contribution in [1.29, 1.82) is 0 Å². The first kappa shape index (κ1) is 14.9. The van der Waals surface area contributed by atoms with Gasteiger partial charge in [-0.05, 0) is 27.3 Å². The van der Waals surface area contributed by atoms with Crippen LogP contribution in [0.2, 0.25) is 0 Å². The summed E-state index contributed by atoms with van der Waals surface area (Å²) < 4.78 is 0. The van der Waals surface area contributed by atoms with Gasteiger partial charge in [0, 0.05) is 38.8 Å². The van der Waals surface area contributed by atoms with Crippen LogP contribution in [0.3, 0.4) is 0 Å². The van der Waals surface area contributed by atoms with E-state index < -0.39 is 0 Å². The van der Waals surface area contributed by atoms with Crippen LogP contribution in [0.4, 0.5) is 0 Å². The lowest BCUT2D eigenvalue weighted by atomic mass is 10.0. The van der Waals surface area contributed by atoms with E-state index in [4.69, 9.17) is 0 Å². The second-order valence-electron chi connectivity index (χ2n) is 5.54. The van der Waals surface area contributed by atoms with Crippen LogP contribution >= 0.6 is 0 Å². The van der Waals surface area contributed by atoms with Crippen molar-refractivity contribution in [3.63, 3.8) is 0 Å². The van der Waals surface area contributed by atoms with E-state index in [0.29, 0.717) is 6.04 Å². The van der Waals surface area contributed by atoms with Gasteiger partial charge < -0.3 is 10.4 Å². The molecule has 2 N–H and O–H groups in total. The Morgan fingerprint density at radius 3 is 2.29 bits per heavy atom. The molecule has 1 fully saturated rings. The number of rotatable bonds is 6. The van der Waals surface area contributed by atoms with Gasteiger partial charge >= 0.3 is 0 Å². The minimum atomic E-state index is -0.168. The molecule has 102 valence electrons. The number of hydrogen-bond acceptors (Lipinski definition) is 4. The van der Waals surface area contributed by atoms with Gasteiger partial charge in [0.15, 0.2) is 0 Å². The number of nitrogens with zero attached hydrogens (tertiary/aromatic N) is 2. The summed E-state index contributed by atoms with van der Waals surface area (Å²) in [4.78, 5) is 5.01. The maximum Gasteiger partial charge on any atom is 0.0623 e. The van der Waals surface area contributed by atoms with Crippen LogP contribution in [-0.2, 0) is 0 Å². The van der Waals surface area contributed by atoms with Crippen molar-refractivity contribution in [1.82, 2.24) is 15.1 Å². The molecule has 0 saturated carbocycles. The zero-order valence-electron chi connectivity index (χ0n) is 11.9. The van der Waals surface area contributed by atoms with Gasteiger partial charge in [-0.3, -0.25) is 9.80 Å². The highest BCUT2D eigenvalue weighted by Crippen LogP contribution is 2.12. The molecule has 1 aliphatic rings. The Hall–Kier alpha value is -0.160. The number of piperazine rings is 1. The molecule has 2 atom stereocenters. The van der Waals surface area contributed by atoms with Crippen LogP contribution < -0.4 is 5.32 Å². The third kappa shape index (κ3) is 4.21. The monoisotopic (exact) mass is 243 g/mol. The van der Waals surface area contributed by atoms with Gasteiger partial charge in [-0.1, -0.05) is 6.92 Å². The quantitative estimate of drug-likeness (QED) is 0.707. The number of aliphatic hydroxyl groups is 1. The van der Waals surface area contributed by atoms with Crippen LogP contribution in [0.15, 0.2) is 0 Å². The van der Waals surface area contributed by atoms with Gasteiger partial charge in [0.1, 0.15) is 0 Å². The fraction of sp³-hybridized carbons (Fsp3) is 1.00. The molecule has 0 bridgehead atoms. The summed E-state index contributed by atoms with van der Waals surface area (Å²) in [6, 6.07) is 0.700. The molecule has 0 amide bonds. The predicted octanol–water partition coefficient (Wildman–Crippen LogP) is 0.373. The van der Waals surface area contributed by atoms with Crippen LogP contribution in [0.1, 0.15) is 27.2 Å². The van der Waals surface area contributed by atoms with Gasteiger partial charge in [0.2, 0.25) is 0 Å². The number of aliphatic hydroxyl groups excluding tert-OH is 1. The van der Waals surface area contributed by atoms with Crippen molar-refractivity contribution in [2.24, 2.45) is 0 Å². The van der Waals surface area contributed by atoms with Crippen molar-refractivity contribution in [2.75, 3.05) is 46.4 Å². The average Bonchev–Trinajstić information content (AvgIpc) is 2.38. The highest BCUT2D eigenvalue weighted by atomic mass is 16.3. The minimum absolute atomic E-state index is 0.168. The molecule has 0 aliphatic carbocycles. The van der Waals surface area contributed by atoms with Crippen LogP contribution in [-0.4, -0.2) is 72.9 Å². The summed E-state index contributed by atoms with van der Waals surface area (Å²) in [5.74, 6) is 0. The highest BCUT2D eigenvalue weighted by Gasteiger charge is 2.27. The number of hydrogen-bond donors (Lipinski definition) is 2. The Morgan fingerprint density at radius 1 is 1.29 bits per heavy atom. The second kappa shape index (κ2) is 6.69. The standard InChI is InChI=1S/C13H29N3O/c1-5-12(2)16-8-6-15(7-9-16)10-13(3,11-17)14-4/h12,14,17H,5-11H2,1-4H3. The zero-order chi connectivity index (χ0) is 12.9.